The summed E-state index contributed by atoms with van der Waals surface area (Å²) < 4.78 is 13.6. The Kier molecular flexibility index (Phi) is 7.54. The van der Waals surface area contributed by atoms with Gasteiger partial charge < -0.3 is 13.7 Å². The van der Waals surface area contributed by atoms with Gasteiger partial charge in [0.25, 0.3) is 0 Å². The lowest BCUT2D eigenvalue weighted by Crippen LogP contribution is -2.10. The van der Waals surface area contributed by atoms with Gasteiger partial charge in [-0.05, 0) is 80.7 Å². The van der Waals surface area contributed by atoms with Crippen molar-refractivity contribution < 1.29 is 8.83 Å². The van der Waals surface area contributed by atoms with E-state index in [4.69, 9.17) is 8.83 Å². The smallest absolute Gasteiger partial charge is 0.145 e. The molecule has 0 radical (unpaired) electrons. The molecule has 0 aliphatic rings. The number of anilines is 3. The molecule has 0 amide bonds. The first-order chi connectivity index (χ1) is 29.3. The standard InChI is InChI=1S/C56H35NO2/c1-3-13-36(14-4-1)45-20-11-22-48-49-23-12-21-46(55(49)59-54(45)48)39-27-29-41(30-28-39)57(42-31-32-44-40(35-42)26-25-38-17-7-8-18-43(38)44)51-34-33-47(37-15-5-2-6-16-37)56-53(51)50-19-9-10-24-52(50)58-56/h1-35H. The van der Waals surface area contributed by atoms with Gasteiger partial charge in [-0.2, -0.15) is 0 Å². The van der Waals surface area contributed by atoms with E-state index in [1.54, 1.807) is 0 Å². The fraction of sp³-hybridized carbons (Fsp3) is 0. The molecular formula is C56H35NO2. The van der Waals surface area contributed by atoms with E-state index in [-0.39, 0.29) is 0 Å². The van der Waals surface area contributed by atoms with Crippen LogP contribution in [0.3, 0.4) is 0 Å². The molecule has 0 N–H and O–H groups in total. The van der Waals surface area contributed by atoms with Gasteiger partial charge in [-0.1, -0.05) is 170 Å². The molecule has 59 heavy (non-hydrogen) atoms. The van der Waals surface area contributed by atoms with Crippen LogP contribution in [0, 0.1) is 0 Å². The number of hydrogen-bond donors (Lipinski definition) is 0. The maximum Gasteiger partial charge on any atom is 0.145 e. The predicted molar refractivity (Wildman–Crippen MR) is 247 cm³/mol. The second-order valence-corrected chi connectivity index (χ2v) is 15.2. The quantitative estimate of drug-likeness (QED) is 0.158. The van der Waals surface area contributed by atoms with E-state index < -0.39 is 0 Å². The molecule has 0 saturated carbocycles. The van der Waals surface area contributed by atoms with Gasteiger partial charge in [0.2, 0.25) is 0 Å². The molecule has 12 rings (SSSR count). The van der Waals surface area contributed by atoms with Gasteiger partial charge in [0, 0.05) is 44.2 Å². The molecule has 0 saturated heterocycles. The van der Waals surface area contributed by atoms with Crippen LogP contribution >= 0.6 is 0 Å². The summed E-state index contributed by atoms with van der Waals surface area (Å²) in [4.78, 5) is 2.38. The lowest BCUT2D eigenvalue weighted by atomic mass is 9.98. The van der Waals surface area contributed by atoms with Crippen molar-refractivity contribution in [3.05, 3.63) is 212 Å². The Labute approximate surface area is 340 Å². The Bertz CT molecular complexity index is 3540. The van der Waals surface area contributed by atoms with E-state index in [1.165, 1.54) is 21.5 Å². The molecule has 0 bridgehead atoms. The topological polar surface area (TPSA) is 29.5 Å². The summed E-state index contributed by atoms with van der Waals surface area (Å²) in [6.45, 7) is 0. The molecule has 0 fully saturated rings. The number of benzene rings is 10. The van der Waals surface area contributed by atoms with Crippen LogP contribution < -0.4 is 4.90 Å². The molecule has 12 aromatic rings. The van der Waals surface area contributed by atoms with Crippen molar-refractivity contribution in [1.29, 1.82) is 0 Å². The highest BCUT2D eigenvalue weighted by Gasteiger charge is 2.23. The fourth-order valence-corrected chi connectivity index (χ4v) is 9.09. The van der Waals surface area contributed by atoms with Gasteiger partial charge in [-0.3, -0.25) is 0 Å². The van der Waals surface area contributed by atoms with Gasteiger partial charge in [0.15, 0.2) is 0 Å². The third-order valence-electron chi connectivity index (χ3n) is 11.9. The van der Waals surface area contributed by atoms with E-state index in [2.05, 4.69) is 205 Å². The number of furan rings is 2. The van der Waals surface area contributed by atoms with E-state index >= 15 is 0 Å². The van der Waals surface area contributed by atoms with Gasteiger partial charge in [0.05, 0.1) is 11.1 Å². The van der Waals surface area contributed by atoms with E-state index in [0.29, 0.717) is 0 Å². The molecule has 3 nitrogen and oxygen atoms in total. The highest BCUT2D eigenvalue weighted by molar-refractivity contribution is 6.18. The number of fused-ring (bicyclic) bond motifs is 9. The monoisotopic (exact) mass is 753 g/mol. The van der Waals surface area contributed by atoms with Crippen molar-refractivity contribution in [3.8, 4) is 33.4 Å². The molecule has 2 aromatic heterocycles. The zero-order valence-electron chi connectivity index (χ0n) is 32.0. The van der Waals surface area contributed by atoms with Crippen LogP contribution in [0.1, 0.15) is 0 Å². The zero-order chi connectivity index (χ0) is 38.9. The minimum absolute atomic E-state index is 0.863. The maximum atomic E-state index is 6.82. The third kappa shape index (κ3) is 5.36. The normalized spacial score (nSPS) is 11.7. The molecule has 276 valence electrons. The van der Waals surface area contributed by atoms with E-state index in [0.717, 1.165) is 94.3 Å². The minimum atomic E-state index is 0.863. The summed E-state index contributed by atoms with van der Waals surface area (Å²) in [6, 6.07) is 75.5. The SMILES string of the molecule is c1ccc(-c2cccc3c2oc2c(-c4ccc(N(c5ccc6c(ccc7ccccc76)c5)c5ccc(-c6ccccc6)c6oc7ccccc7c56)cc4)cccc23)cc1. The van der Waals surface area contributed by atoms with Crippen molar-refractivity contribution in [1.82, 2.24) is 0 Å². The van der Waals surface area contributed by atoms with Gasteiger partial charge in [-0.15, -0.1) is 0 Å². The van der Waals surface area contributed by atoms with Crippen LogP contribution in [0.2, 0.25) is 0 Å². The van der Waals surface area contributed by atoms with E-state index in [9.17, 15) is 0 Å². The highest BCUT2D eigenvalue weighted by atomic mass is 16.3. The van der Waals surface area contributed by atoms with E-state index in [1.807, 2.05) is 12.1 Å². The predicted octanol–water partition coefficient (Wildman–Crippen LogP) is 16.3. The molecule has 0 aliphatic heterocycles. The Balaban J connectivity index is 1.06. The van der Waals surface area contributed by atoms with Crippen LogP contribution in [0.5, 0.6) is 0 Å². The first kappa shape index (κ1) is 33.3. The van der Waals surface area contributed by atoms with Crippen molar-refractivity contribution >= 4 is 82.5 Å². The Hall–Kier alpha value is -7.88. The summed E-state index contributed by atoms with van der Waals surface area (Å²) in [5, 5.41) is 9.28. The average molecular weight is 754 g/mol. The number of para-hydroxylation sites is 3. The Morgan fingerprint density at radius 3 is 1.56 bits per heavy atom. The van der Waals surface area contributed by atoms with Crippen molar-refractivity contribution in [2.45, 2.75) is 0 Å². The largest absolute Gasteiger partial charge is 0.455 e. The lowest BCUT2D eigenvalue weighted by Gasteiger charge is -2.27. The van der Waals surface area contributed by atoms with Gasteiger partial charge in [-0.25, -0.2) is 0 Å². The summed E-state index contributed by atoms with van der Waals surface area (Å²) in [5.74, 6) is 0. The number of hydrogen-bond acceptors (Lipinski definition) is 3. The first-order valence-electron chi connectivity index (χ1n) is 20.1. The maximum absolute atomic E-state index is 6.82. The highest BCUT2D eigenvalue weighted by Crippen LogP contribution is 2.47. The minimum Gasteiger partial charge on any atom is -0.455 e. The van der Waals surface area contributed by atoms with Crippen molar-refractivity contribution in [2.24, 2.45) is 0 Å². The zero-order valence-corrected chi connectivity index (χ0v) is 32.0. The van der Waals surface area contributed by atoms with Crippen molar-refractivity contribution in [2.75, 3.05) is 4.90 Å². The first-order valence-corrected chi connectivity index (χ1v) is 20.1. The second kappa shape index (κ2) is 13.4. The van der Waals surface area contributed by atoms with Crippen LogP contribution in [0.25, 0.3) is 98.8 Å². The third-order valence-corrected chi connectivity index (χ3v) is 11.9. The number of rotatable bonds is 6. The molecule has 0 unspecified atom stereocenters. The Morgan fingerprint density at radius 1 is 0.305 bits per heavy atom. The van der Waals surface area contributed by atoms with Crippen LogP contribution in [0.15, 0.2) is 221 Å². The summed E-state index contributed by atoms with van der Waals surface area (Å²) in [5.41, 5.74) is 13.2. The van der Waals surface area contributed by atoms with Crippen LogP contribution in [-0.2, 0) is 0 Å². The molecule has 3 heteroatoms. The second-order valence-electron chi connectivity index (χ2n) is 15.2. The molecule has 10 aromatic carbocycles. The lowest BCUT2D eigenvalue weighted by molar-refractivity contribution is 0.670. The Morgan fingerprint density at radius 2 is 0.847 bits per heavy atom. The number of nitrogens with zero attached hydrogens (tertiary/aromatic N) is 1. The molecular weight excluding hydrogens is 719 g/mol. The summed E-state index contributed by atoms with van der Waals surface area (Å²) >= 11 is 0. The molecule has 2 heterocycles. The van der Waals surface area contributed by atoms with Crippen LogP contribution in [0.4, 0.5) is 17.1 Å². The average Bonchev–Trinajstić information content (AvgIpc) is 3.89. The van der Waals surface area contributed by atoms with Gasteiger partial charge >= 0.3 is 0 Å². The van der Waals surface area contributed by atoms with Crippen molar-refractivity contribution in [3.63, 3.8) is 0 Å². The molecule has 0 aliphatic carbocycles. The molecule has 0 spiro atoms. The summed E-state index contributed by atoms with van der Waals surface area (Å²) in [6.07, 6.45) is 0. The summed E-state index contributed by atoms with van der Waals surface area (Å²) in [7, 11) is 0. The van der Waals surface area contributed by atoms with Crippen LogP contribution in [-0.4, -0.2) is 0 Å². The fourth-order valence-electron chi connectivity index (χ4n) is 9.09. The van der Waals surface area contributed by atoms with Gasteiger partial charge in [0.1, 0.15) is 22.3 Å². The molecule has 0 atom stereocenters.